The van der Waals surface area contributed by atoms with Crippen molar-refractivity contribution in [3.63, 3.8) is 0 Å². The minimum absolute atomic E-state index is 0.226. The lowest BCUT2D eigenvalue weighted by Crippen LogP contribution is -2.54. The molecule has 1 saturated heterocycles. The molecule has 1 aliphatic carbocycles. The fourth-order valence-electron chi connectivity index (χ4n) is 1.96. The predicted molar refractivity (Wildman–Crippen MR) is 59.1 cm³/mol. The van der Waals surface area contributed by atoms with Gasteiger partial charge in [-0.3, -0.25) is 0 Å². The topological polar surface area (TPSA) is 52.7 Å². The summed E-state index contributed by atoms with van der Waals surface area (Å²) in [7, 11) is -3.99. The predicted octanol–water partition coefficient (Wildman–Crippen LogP) is 0.163. The summed E-state index contributed by atoms with van der Waals surface area (Å²) in [4.78, 5) is 0. The van der Waals surface area contributed by atoms with Gasteiger partial charge in [0, 0.05) is 32.2 Å². The van der Waals surface area contributed by atoms with Crippen molar-refractivity contribution >= 4 is 10.2 Å². The molecule has 1 saturated carbocycles. The van der Waals surface area contributed by atoms with Gasteiger partial charge in [0.25, 0.3) is 10.2 Å². The Morgan fingerprint density at radius 2 is 1.78 bits per heavy atom. The van der Waals surface area contributed by atoms with E-state index in [0.717, 1.165) is 4.31 Å². The van der Waals surface area contributed by atoms with Crippen LogP contribution in [0.3, 0.4) is 0 Å². The Labute approximate surface area is 104 Å². The second-order valence-electron chi connectivity index (χ2n) is 4.55. The molecule has 0 atom stereocenters. The largest absolute Gasteiger partial charge is 0.402 e. The van der Waals surface area contributed by atoms with Gasteiger partial charge in [-0.25, -0.2) is 0 Å². The number of hydrogen-bond acceptors (Lipinski definition) is 3. The maximum Gasteiger partial charge on any atom is 0.402 e. The molecular formula is C9H16F3N3O2S. The quantitative estimate of drug-likeness (QED) is 0.801. The van der Waals surface area contributed by atoms with Crippen molar-refractivity contribution in [1.82, 2.24) is 13.9 Å². The molecule has 0 aromatic carbocycles. The van der Waals surface area contributed by atoms with Gasteiger partial charge in [-0.05, 0) is 12.8 Å². The van der Waals surface area contributed by atoms with Crippen LogP contribution >= 0.6 is 0 Å². The number of rotatable bonds is 4. The number of piperazine rings is 1. The van der Waals surface area contributed by atoms with Crippen molar-refractivity contribution in [2.45, 2.75) is 25.1 Å². The van der Waals surface area contributed by atoms with E-state index in [-0.39, 0.29) is 13.1 Å². The second kappa shape index (κ2) is 4.95. The Morgan fingerprint density at radius 3 is 2.22 bits per heavy atom. The van der Waals surface area contributed by atoms with E-state index in [0.29, 0.717) is 30.2 Å². The van der Waals surface area contributed by atoms with Crippen LogP contribution in [-0.2, 0) is 10.2 Å². The highest BCUT2D eigenvalue weighted by atomic mass is 32.2. The van der Waals surface area contributed by atoms with Crippen molar-refractivity contribution in [3.8, 4) is 0 Å². The van der Waals surface area contributed by atoms with Crippen LogP contribution in [0, 0.1) is 0 Å². The minimum atomic E-state index is -4.50. The Hall–Kier alpha value is -0.380. The van der Waals surface area contributed by atoms with E-state index >= 15 is 0 Å². The van der Waals surface area contributed by atoms with E-state index in [4.69, 9.17) is 0 Å². The Kier molecular flexibility index (Phi) is 3.86. The third-order valence-corrected chi connectivity index (χ3v) is 5.03. The molecule has 18 heavy (non-hydrogen) atoms. The van der Waals surface area contributed by atoms with Crippen LogP contribution in [0.1, 0.15) is 12.8 Å². The summed E-state index contributed by atoms with van der Waals surface area (Å²) in [5.74, 6) is 0. The van der Waals surface area contributed by atoms with Gasteiger partial charge in [-0.2, -0.15) is 30.2 Å². The zero-order chi connectivity index (χ0) is 13.4. The minimum Gasteiger partial charge on any atom is -0.314 e. The van der Waals surface area contributed by atoms with E-state index in [1.165, 1.54) is 0 Å². The van der Waals surface area contributed by atoms with Gasteiger partial charge in [0.2, 0.25) is 0 Å². The number of alkyl halides is 3. The first kappa shape index (κ1) is 14.0. The average molecular weight is 287 g/mol. The summed E-state index contributed by atoms with van der Waals surface area (Å²) in [6.45, 7) is 0.0181. The molecule has 0 spiro atoms. The molecule has 0 amide bonds. The lowest BCUT2D eigenvalue weighted by molar-refractivity contribution is -0.137. The van der Waals surface area contributed by atoms with E-state index < -0.39 is 29.0 Å². The van der Waals surface area contributed by atoms with Crippen LogP contribution in [0.2, 0.25) is 0 Å². The van der Waals surface area contributed by atoms with Gasteiger partial charge in [0.05, 0.1) is 0 Å². The lowest BCUT2D eigenvalue weighted by Gasteiger charge is -2.32. The van der Waals surface area contributed by atoms with Gasteiger partial charge < -0.3 is 5.32 Å². The maximum atomic E-state index is 12.5. The van der Waals surface area contributed by atoms with Crippen molar-refractivity contribution < 1.29 is 21.6 Å². The summed E-state index contributed by atoms with van der Waals surface area (Å²) in [5, 5.41) is 2.97. The SMILES string of the molecule is O=S(=O)(N1CCNCC1)N(CC(F)(F)F)C1CC1. The van der Waals surface area contributed by atoms with Gasteiger partial charge in [0.15, 0.2) is 0 Å². The summed E-state index contributed by atoms with van der Waals surface area (Å²) < 4.78 is 63.4. The smallest absolute Gasteiger partial charge is 0.314 e. The monoisotopic (exact) mass is 287 g/mol. The fraction of sp³-hybridized carbons (Fsp3) is 1.00. The zero-order valence-corrected chi connectivity index (χ0v) is 10.6. The molecule has 1 heterocycles. The third-order valence-electron chi connectivity index (χ3n) is 2.99. The third kappa shape index (κ3) is 3.34. The summed E-state index contributed by atoms with van der Waals surface area (Å²) in [6.07, 6.45) is -3.47. The standard InChI is InChI=1S/C9H16F3N3O2S/c10-9(11,12)7-15(8-1-2-8)18(16,17)14-5-3-13-4-6-14/h8,13H,1-7H2. The van der Waals surface area contributed by atoms with Crippen molar-refractivity contribution in [1.29, 1.82) is 0 Å². The van der Waals surface area contributed by atoms with Crippen LogP contribution in [0.15, 0.2) is 0 Å². The molecule has 2 aliphatic rings. The molecule has 0 unspecified atom stereocenters. The number of nitrogens with one attached hydrogen (secondary N) is 1. The molecule has 0 bridgehead atoms. The molecule has 9 heteroatoms. The molecule has 106 valence electrons. The zero-order valence-electron chi connectivity index (χ0n) is 9.78. The molecule has 5 nitrogen and oxygen atoms in total. The molecule has 2 rings (SSSR count). The van der Waals surface area contributed by atoms with Gasteiger partial charge in [-0.15, -0.1) is 0 Å². The first-order chi connectivity index (χ1) is 8.31. The van der Waals surface area contributed by atoms with E-state index in [1.54, 1.807) is 0 Å². The van der Waals surface area contributed by atoms with E-state index in [1.807, 2.05) is 0 Å². The lowest BCUT2D eigenvalue weighted by atomic mass is 10.4. The molecule has 0 aromatic heterocycles. The summed E-state index contributed by atoms with van der Waals surface area (Å²) >= 11 is 0. The van der Waals surface area contributed by atoms with Crippen molar-refractivity contribution in [3.05, 3.63) is 0 Å². The van der Waals surface area contributed by atoms with Crippen molar-refractivity contribution in [2.75, 3.05) is 32.7 Å². The Bertz CT molecular complexity index is 388. The van der Waals surface area contributed by atoms with Crippen LogP contribution in [-0.4, -0.2) is 62.0 Å². The number of halogens is 3. The Balaban J connectivity index is 2.13. The van der Waals surface area contributed by atoms with Crippen LogP contribution in [0.4, 0.5) is 13.2 Å². The number of nitrogens with zero attached hydrogens (tertiary/aromatic N) is 2. The Morgan fingerprint density at radius 1 is 1.22 bits per heavy atom. The van der Waals surface area contributed by atoms with Crippen LogP contribution in [0.5, 0.6) is 0 Å². The molecular weight excluding hydrogens is 271 g/mol. The highest BCUT2D eigenvalue weighted by Gasteiger charge is 2.46. The molecule has 0 aromatic rings. The average Bonchev–Trinajstić information content (AvgIpc) is 3.09. The highest BCUT2D eigenvalue weighted by molar-refractivity contribution is 7.86. The van der Waals surface area contributed by atoms with E-state index in [2.05, 4.69) is 5.32 Å². The molecule has 0 radical (unpaired) electrons. The molecule has 1 aliphatic heterocycles. The van der Waals surface area contributed by atoms with Gasteiger partial charge in [0.1, 0.15) is 6.54 Å². The maximum absolute atomic E-state index is 12.5. The fourth-order valence-corrected chi connectivity index (χ4v) is 3.80. The summed E-state index contributed by atoms with van der Waals surface area (Å²) in [6, 6.07) is -0.480. The first-order valence-corrected chi connectivity index (χ1v) is 7.25. The highest BCUT2D eigenvalue weighted by Crippen LogP contribution is 2.33. The summed E-state index contributed by atoms with van der Waals surface area (Å²) in [5.41, 5.74) is 0. The van der Waals surface area contributed by atoms with Crippen LogP contribution in [0.25, 0.3) is 0 Å². The van der Waals surface area contributed by atoms with Gasteiger partial charge in [-0.1, -0.05) is 0 Å². The van der Waals surface area contributed by atoms with Crippen LogP contribution < -0.4 is 5.32 Å². The second-order valence-corrected chi connectivity index (χ2v) is 6.43. The van der Waals surface area contributed by atoms with Crippen molar-refractivity contribution in [2.24, 2.45) is 0 Å². The normalized spacial score (nSPS) is 23.6. The first-order valence-electron chi connectivity index (χ1n) is 5.85. The van der Waals surface area contributed by atoms with Gasteiger partial charge >= 0.3 is 6.18 Å². The van der Waals surface area contributed by atoms with E-state index in [9.17, 15) is 21.6 Å². The number of hydrogen-bond donors (Lipinski definition) is 1. The molecule has 1 N–H and O–H groups in total. The molecule has 2 fully saturated rings.